The number of rotatable bonds is 2. The molecule has 0 unspecified atom stereocenters. The predicted molar refractivity (Wildman–Crippen MR) is 34.8 cm³/mol. The van der Waals surface area contributed by atoms with Crippen LogP contribution in [-0.2, 0) is 4.74 Å². The highest BCUT2D eigenvalue weighted by molar-refractivity contribution is 5.55. The van der Waals surface area contributed by atoms with Crippen LogP contribution in [0.2, 0.25) is 0 Å². The minimum absolute atomic E-state index is 0.628. The Bertz CT molecular complexity index is 187. The summed E-state index contributed by atoms with van der Waals surface area (Å²) in [6.07, 6.45) is 3.17. The van der Waals surface area contributed by atoms with Crippen LogP contribution in [0.1, 0.15) is 5.56 Å². The molecule has 0 bridgehead atoms. The van der Waals surface area contributed by atoms with E-state index in [4.69, 9.17) is 9.15 Å². The molecule has 0 aliphatic carbocycles. The smallest absolute Gasteiger partial charge is 0.122 e. The zero-order chi connectivity index (χ0) is 6.69. The highest BCUT2D eigenvalue weighted by atomic mass is 16.5. The van der Waals surface area contributed by atoms with E-state index < -0.39 is 0 Å². The summed E-state index contributed by atoms with van der Waals surface area (Å²) < 4.78 is 9.64. The van der Waals surface area contributed by atoms with Gasteiger partial charge in [-0.05, 0) is 6.07 Å². The van der Waals surface area contributed by atoms with Gasteiger partial charge in [-0.1, -0.05) is 6.58 Å². The van der Waals surface area contributed by atoms with Gasteiger partial charge in [0, 0.05) is 0 Å². The van der Waals surface area contributed by atoms with E-state index in [-0.39, 0.29) is 0 Å². The highest BCUT2D eigenvalue weighted by Crippen LogP contribution is 2.11. The lowest BCUT2D eigenvalue weighted by atomic mass is 10.3. The molecule has 1 aromatic heterocycles. The van der Waals surface area contributed by atoms with Crippen LogP contribution in [0.25, 0.3) is 5.76 Å². The Morgan fingerprint density at radius 2 is 2.56 bits per heavy atom. The lowest BCUT2D eigenvalue weighted by molar-refractivity contribution is 0.370. The average molecular weight is 124 g/mol. The SMILES string of the molecule is C=C(OC)c1ccoc1. The van der Waals surface area contributed by atoms with Crippen molar-refractivity contribution < 1.29 is 9.15 Å². The Balaban J connectivity index is 2.77. The van der Waals surface area contributed by atoms with Crippen LogP contribution in [-0.4, -0.2) is 7.11 Å². The summed E-state index contributed by atoms with van der Waals surface area (Å²) in [5.74, 6) is 0.628. The molecule has 0 atom stereocenters. The van der Waals surface area contributed by atoms with E-state index >= 15 is 0 Å². The number of hydrogen-bond acceptors (Lipinski definition) is 2. The van der Waals surface area contributed by atoms with Gasteiger partial charge < -0.3 is 9.15 Å². The molecule has 0 radical (unpaired) electrons. The van der Waals surface area contributed by atoms with Gasteiger partial charge in [0.05, 0.1) is 18.9 Å². The maximum Gasteiger partial charge on any atom is 0.122 e. The molecule has 1 heterocycles. The van der Waals surface area contributed by atoms with Gasteiger partial charge in [-0.25, -0.2) is 0 Å². The Kier molecular flexibility index (Phi) is 1.58. The Labute approximate surface area is 53.7 Å². The zero-order valence-electron chi connectivity index (χ0n) is 5.26. The Morgan fingerprint density at radius 3 is 3.00 bits per heavy atom. The van der Waals surface area contributed by atoms with Crippen molar-refractivity contribution in [3.8, 4) is 0 Å². The van der Waals surface area contributed by atoms with Crippen molar-refractivity contribution in [3.05, 3.63) is 30.7 Å². The molecule has 0 aromatic carbocycles. The molecular formula is C7H8O2. The van der Waals surface area contributed by atoms with Gasteiger partial charge in [-0.2, -0.15) is 0 Å². The van der Waals surface area contributed by atoms with E-state index in [1.165, 1.54) is 0 Å². The summed E-state index contributed by atoms with van der Waals surface area (Å²) in [6, 6.07) is 1.80. The first kappa shape index (κ1) is 5.95. The first-order valence-corrected chi connectivity index (χ1v) is 2.60. The van der Waals surface area contributed by atoms with Crippen LogP contribution in [0.4, 0.5) is 0 Å². The molecule has 0 aliphatic heterocycles. The van der Waals surface area contributed by atoms with Gasteiger partial charge in [0.2, 0.25) is 0 Å². The van der Waals surface area contributed by atoms with Gasteiger partial charge >= 0.3 is 0 Å². The topological polar surface area (TPSA) is 22.4 Å². The van der Waals surface area contributed by atoms with E-state index in [0.717, 1.165) is 5.56 Å². The molecule has 1 rings (SSSR count). The average Bonchev–Trinajstić information content (AvgIpc) is 2.37. The third-order valence-corrected chi connectivity index (χ3v) is 1.09. The normalized spacial score (nSPS) is 9.00. The second kappa shape index (κ2) is 2.40. The fraction of sp³-hybridized carbons (Fsp3) is 0.143. The van der Waals surface area contributed by atoms with Gasteiger partial charge in [0.25, 0.3) is 0 Å². The lowest BCUT2D eigenvalue weighted by Crippen LogP contribution is -1.79. The van der Waals surface area contributed by atoms with Crippen LogP contribution in [0.15, 0.2) is 29.6 Å². The van der Waals surface area contributed by atoms with E-state index in [1.54, 1.807) is 25.7 Å². The number of methoxy groups -OCH3 is 1. The maximum atomic E-state index is 4.84. The Morgan fingerprint density at radius 1 is 1.78 bits per heavy atom. The minimum Gasteiger partial charge on any atom is -0.497 e. The molecule has 2 nitrogen and oxygen atoms in total. The molecule has 0 aliphatic rings. The first-order valence-electron chi connectivity index (χ1n) is 2.60. The summed E-state index contributed by atoms with van der Waals surface area (Å²) in [5.41, 5.74) is 0.887. The Hall–Kier alpha value is -1.18. The second-order valence-corrected chi connectivity index (χ2v) is 1.64. The van der Waals surface area contributed by atoms with Crippen LogP contribution in [0.3, 0.4) is 0 Å². The summed E-state index contributed by atoms with van der Waals surface area (Å²) >= 11 is 0. The van der Waals surface area contributed by atoms with Gasteiger partial charge in [0.15, 0.2) is 0 Å². The fourth-order valence-corrected chi connectivity index (χ4v) is 0.541. The quantitative estimate of drug-likeness (QED) is 0.562. The molecular weight excluding hydrogens is 116 g/mol. The predicted octanol–water partition coefficient (Wildman–Crippen LogP) is 1.90. The summed E-state index contributed by atoms with van der Waals surface area (Å²) in [4.78, 5) is 0. The van der Waals surface area contributed by atoms with E-state index in [0.29, 0.717) is 5.76 Å². The molecule has 0 amide bonds. The highest BCUT2D eigenvalue weighted by Gasteiger charge is 1.96. The summed E-state index contributed by atoms with van der Waals surface area (Å²) in [7, 11) is 1.58. The minimum atomic E-state index is 0.628. The van der Waals surface area contributed by atoms with Gasteiger partial charge in [0.1, 0.15) is 12.0 Å². The molecule has 0 fully saturated rings. The third kappa shape index (κ3) is 1.13. The first-order chi connectivity index (χ1) is 4.34. The van der Waals surface area contributed by atoms with Crippen LogP contribution in [0, 0.1) is 0 Å². The van der Waals surface area contributed by atoms with Crippen LogP contribution >= 0.6 is 0 Å². The van der Waals surface area contributed by atoms with E-state index in [2.05, 4.69) is 6.58 Å². The standard InChI is InChI=1S/C7H8O2/c1-6(8-2)7-3-4-9-5-7/h3-5H,1H2,2H3. The maximum absolute atomic E-state index is 4.84. The van der Waals surface area contributed by atoms with E-state index in [1.807, 2.05) is 0 Å². The lowest BCUT2D eigenvalue weighted by Gasteiger charge is -1.96. The molecule has 0 saturated carbocycles. The van der Waals surface area contributed by atoms with Crippen molar-refractivity contribution in [3.63, 3.8) is 0 Å². The molecule has 48 valence electrons. The second-order valence-electron chi connectivity index (χ2n) is 1.64. The van der Waals surface area contributed by atoms with Crippen molar-refractivity contribution in [2.45, 2.75) is 0 Å². The monoisotopic (exact) mass is 124 g/mol. The van der Waals surface area contributed by atoms with Crippen molar-refractivity contribution in [1.82, 2.24) is 0 Å². The molecule has 1 aromatic rings. The van der Waals surface area contributed by atoms with Crippen LogP contribution in [0.5, 0.6) is 0 Å². The van der Waals surface area contributed by atoms with Crippen molar-refractivity contribution in [1.29, 1.82) is 0 Å². The van der Waals surface area contributed by atoms with Gasteiger partial charge in [-0.3, -0.25) is 0 Å². The van der Waals surface area contributed by atoms with Gasteiger partial charge in [-0.15, -0.1) is 0 Å². The number of hydrogen-bond donors (Lipinski definition) is 0. The van der Waals surface area contributed by atoms with Crippen molar-refractivity contribution >= 4 is 5.76 Å². The number of ether oxygens (including phenoxy) is 1. The molecule has 0 N–H and O–H groups in total. The summed E-state index contributed by atoms with van der Waals surface area (Å²) in [6.45, 7) is 3.63. The molecule has 0 saturated heterocycles. The molecule has 2 heteroatoms. The fourth-order valence-electron chi connectivity index (χ4n) is 0.541. The van der Waals surface area contributed by atoms with E-state index in [9.17, 15) is 0 Å². The van der Waals surface area contributed by atoms with Crippen LogP contribution < -0.4 is 0 Å². The molecule has 9 heavy (non-hydrogen) atoms. The largest absolute Gasteiger partial charge is 0.497 e. The zero-order valence-corrected chi connectivity index (χ0v) is 5.26. The number of furan rings is 1. The summed E-state index contributed by atoms with van der Waals surface area (Å²) in [5, 5.41) is 0. The third-order valence-electron chi connectivity index (χ3n) is 1.09. The van der Waals surface area contributed by atoms with Crippen molar-refractivity contribution in [2.75, 3.05) is 7.11 Å². The molecule has 0 spiro atoms. The van der Waals surface area contributed by atoms with Crippen molar-refractivity contribution in [2.24, 2.45) is 0 Å².